The molecule has 0 radical (unpaired) electrons. The van der Waals surface area contributed by atoms with Gasteiger partial charge in [0, 0.05) is 34.6 Å². The van der Waals surface area contributed by atoms with E-state index in [-0.39, 0.29) is 29.7 Å². The number of halogens is 3. The van der Waals surface area contributed by atoms with E-state index in [1.54, 1.807) is 19.1 Å². The van der Waals surface area contributed by atoms with Crippen LogP contribution in [0.15, 0.2) is 60.7 Å². The predicted octanol–water partition coefficient (Wildman–Crippen LogP) is 6.86. The fourth-order valence-electron chi connectivity index (χ4n) is 6.42. The van der Waals surface area contributed by atoms with Crippen LogP contribution in [0.5, 0.6) is 5.75 Å². The van der Waals surface area contributed by atoms with Crippen molar-refractivity contribution in [1.29, 1.82) is 0 Å². The standard InChI is InChI=1S/C34H35Cl2FN2O5/c1-20-30(33(41)42-3)39(19-44-20)32(40)27-14-26(21-9-10-21)29(15-28(27)37)43-18-34(2)16-38(17-34)31(22-7-5-4-6-8-22)23-11-24(35)13-25(36)12-23/h4-8,11-15,20-21,30-31H,9-10,16-19H2,1-3H3/t20-,30+,31-/m1/s1. The average molecular weight is 642 g/mol. The summed E-state index contributed by atoms with van der Waals surface area (Å²) >= 11 is 12.8. The summed E-state index contributed by atoms with van der Waals surface area (Å²) in [6, 6.07) is 17.8. The van der Waals surface area contributed by atoms with Crippen LogP contribution in [0.3, 0.4) is 0 Å². The largest absolute Gasteiger partial charge is 0.493 e. The van der Waals surface area contributed by atoms with Gasteiger partial charge in [-0.05, 0) is 66.6 Å². The highest BCUT2D eigenvalue weighted by Gasteiger charge is 2.45. The fourth-order valence-corrected chi connectivity index (χ4v) is 6.96. The number of carbonyl (C=O) groups is 2. The number of rotatable bonds is 9. The van der Waals surface area contributed by atoms with Crippen LogP contribution in [0, 0.1) is 11.2 Å². The summed E-state index contributed by atoms with van der Waals surface area (Å²) in [5, 5.41) is 1.17. The van der Waals surface area contributed by atoms with E-state index in [2.05, 4.69) is 24.0 Å². The second-order valence-corrected chi connectivity index (χ2v) is 13.3. The molecular formula is C34H35Cl2FN2O5. The van der Waals surface area contributed by atoms with Gasteiger partial charge in [0.1, 0.15) is 18.3 Å². The molecular weight excluding hydrogens is 606 g/mol. The predicted molar refractivity (Wildman–Crippen MR) is 166 cm³/mol. The van der Waals surface area contributed by atoms with Crippen LogP contribution in [0.4, 0.5) is 4.39 Å². The Bertz CT molecular complexity index is 1540. The maximum absolute atomic E-state index is 15.5. The van der Waals surface area contributed by atoms with Crippen molar-refractivity contribution in [3.8, 4) is 5.75 Å². The molecule has 1 amide bonds. The number of hydrogen-bond acceptors (Lipinski definition) is 6. The summed E-state index contributed by atoms with van der Waals surface area (Å²) in [6.07, 6.45) is 1.33. The van der Waals surface area contributed by atoms with E-state index >= 15 is 4.39 Å². The third kappa shape index (κ3) is 6.18. The third-order valence-electron chi connectivity index (χ3n) is 8.73. The zero-order valence-corrected chi connectivity index (χ0v) is 26.4. The first-order chi connectivity index (χ1) is 21.1. The summed E-state index contributed by atoms with van der Waals surface area (Å²) in [5.41, 5.74) is 2.69. The van der Waals surface area contributed by atoms with Crippen LogP contribution in [0.1, 0.15) is 65.7 Å². The summed E-state index contributed by atoms with van der Waals surface area (Å²) in [6.45, 7) is 5.61. The molecule has 10 heteroatoms. The molecule has 0 bridgehead atoms. The van der Waals surface area contributed by atoms with E-state index in [4.69, 9.17) is 37.4 Å². The van der Waals surface area contributed by atoms with Crippen LogP contribution in [0.25, 0.3) is 0 Å². The molecule has 2 aliphatic heterocycles. The molecule has 3 fully saturated rings. The first-order valence-electron chi connectivity index (χ1n) is 14.8. The molecule has 1 saturated carbocycles. The van der Waals surface area contributed by atoms with Crippen LogP contribution in [-0.4, -0.2) is 67.4 Å². The van der Waals surface area contributed by atoms with Crippen LogP contribution < -0.4 is 4.74 Å². The zero-order chi connectivity index (χ0) is 31.2. The van der Waals surface area contributed by atoms with Gasteiger partial charge in [-0.2, -0.15) is 0 Å². The fraction of sp³-hybridized carbons (Fsp3) is 0.412. The van der Waals surface area contributed by atoms with E-state index in [0.29, 0.717) is 22.4 Å². The molecule has 3 atom stereocenters. The number of carbonyl (C=O) groups excluding carboxylic acids is 2. The number of esters is 1. The topological polar surface area (TPSA) is 68.3 Å². The number of methoxy groups -OCH3 is 1. The quantitative estimate of drug-likeness (QED) is 0.238. The Hall–Kier alpha value is -3.17. The van der Waals surface area contributed by atoms with Crippen LogP contribution in [-0.2, 0) is 14.3 Å². The molecule has 6 rings (SSSR count). The highest BCUT2D eigenvalue weighted by Crippen LogP contribution is 2.47. The monoisotopic (exact) mass is 640 g/mol. The SMILES string of the molecule is COC(=O)[C@@H]1[C@@H](C)OCN1C(=O)c1cc(C2CC2)c(OCC2(C)CN([C@H](c3ccccc3)c3cc(Cl)cc(Cl)c3)C2)cc1F. The Morgan fingerprint density at radius 1 is 1.05 bits per heavy atom. The first-order valence-corrected chi connectivity index (χ1v) is 15.5. The van der Waals surface area contributed by atoms with E-state index in [0.717, 1.165) is 42.6 Å². The Morgan fingerprint density at radius 3 is 2.36 bits per heavy atom. The lowest BCUT2D eigenvalue weighted by Crippen LogP contribution is -2.58. The normalized spacial score (nSPS) is 21.9. The number of amides is 1. The third-order valence-corrected chi connectivity index (χ3v) is 9.17. The summed E-state index contributed by atoms with van der Waals surface area (Å²) < 4.78 is 32.2. The van der Waals surface area contributed by atoms with Crippen molar-refractivity contribution in [3.63, 3.8) is 0 Å². The van der Waals surface area contributed by atoms with Crippen molar-refractivity contribution in [2.45, 2.75) is 50.8 Å². The second kappa shape index (κ2) is 12.3. The van der Waals surface area contributed by atoms with Crippen molar-refractivity contribution in [3.05, 3.63) is 98.8 Å². The smallest absolute Gasteiger partial charge is 0.331 e. The Kier molecular flexibility index (Phi) is 8.63. The molecule has 3 aliphatic rings. The molecule has 3 aromatic carbocycles. The van der Waals surface area contributed by atoms with Gasteiger partial charge in [-0.25, -0.2) is 9.18 Å². The van der Waals surface area contributed by atoms with E-state index in [9.17, 15) is 9.59 Å². The molecule has 1 aliphatic carbocycles. The Labute approximate surface area is 266 Å². The van der Waals surface area contributed by atoms with Crippen molar-refractivity contribution < 1.29 is 28.2 Å². The highest BCUT2D eigenvalue weighted by atomic mass is 35.5. The Morgan fingerprint density at radius 2 is 1.73 bits per heavy atom. The molecule has 3 aromatic rings. The van der Waals surface area contributed by atoms with E-state index < -0.39 is 29.8 Å². The number of nitrogens with zero attached hydrogens (tertiary/aromatic N) is 2. The van der Waals surface area contributed by atoms with E-state index in [1.165, 1.54) is 18.1 Å². The van der Waals surface area contributed by atoms with Gasteiger partial charge in [-0.15, -0.1) is 0 Å². The summed E-state index contributed by atoms with van der Waals surface area (Å²) in [4.78, 5) is 29.4. The molecule has 2 heterocycles. The molecule has 0 spiro atoms. The zero-order valence-electron chi connectivity index (χ0n) is 24.9. The lowest BCUT2D eigenvalue weighted by molar-refractivity contribution is -0.145. The molecule has 0 unspecified atom stereocenters. The van der Waals surface area contributed by atoms with Gasteiger partial charge in [-0.1, -0.05) is 60.5 Å². The molecule has 7 nitrogen and oxygen atoms in total. The molecule has 0 aromatic heterocycles. The van der Waals surface area contributed by atoms with Crippen LogP contribution >= 0.6 is 23.2 Å². The van der Waals surface area contributed by atoms with Gasteiger partial charge in [0.15, 0.2) is 6.04 Å². The first kappa shape index (κ1) is 30.8. The van der Waals surface area contributed by atoms with Crippen molar-refractivity contribution in [1.82, 2.24) is 9.80 Å². The van der Waals surface area contributed by atoms with Crippen molar-refractivity contribution in [2.24, 2.45) is 5.41 Å². The number of benzene rings is 3. The van der Waals surface area contributed by atoms with Gasteiger partial charge in [-0.3, -0.25) is 14.6 Å². The molecule has 232 valence electrons. The molecule has 0 N–H and O–H groups in total. The van der Waals surface area contributed by atoms with Crippen molar-refractivity contribution >= 4 is 35.1 Å². The van der Waals surface area contributed by atoms with Gasteiger partial charge in [0.25, 0.3) is 5.91 Å². The maximum Gasteiger partial charge on any atom is 0.331 e. The van der Waals surface area contributed by atoms with Gasteiger partial charge >= 0.3 is 5.97 Å². The van der Waals surface area contributed by atoms with Crippen molar-refractivity contribution in [2.75, 3.05) is 33.5 Å². The summed E-state index contributed by atoms with van der Waals surface area (Å²) in [7, 11) is 1.25. The van der Waals surface area contributed by atoms with Crippen LogP contribution in [0.2, 0.25) is 10.0 Å². The average Bonchev–Trinajstić information content (AvgIpc) is 3.75. The number of ether oxygens (including phenoxy) is 3. The Balaban J connectivity index is 1.19. The molecule has 44 heavy (non-hydrogen) atoms. The minimum atomic E-state index is -0.934. The number of hydrogen-bond donors (Lipinski definition) is 0. The lowest BCUT2D eigenvalue weighted by Gasteiger charge is -2.51. The summed E-state index contributed by atoms with van der Waals surface area (Å²) in [5.74, 6) is -1.24. The minimum absolute atomic E-state index is 0.0312. The highest BCUT2D eigenvalue weighted by molar-refractivity contribution is 6.34. The second-order valence-electron chi connectivity index (χ2n) is 12.4. The van der Waals surface area contributed by atoms with Gasteiger partial charge < -0.3 is 14.2 Å². The lowest BCUT2D eigenvalue weighted by atomic mass is 9.79. The maximum atomic E-state index is 15.5. The minimum Gasteiger partial charge on any atom is -0.493 e. The van der Waals surface area contributed by atoms with E-state index in [1.807, 2.05) is 30.3 Å². The van der Waals surface area contributed by atoms with Gasteiger partial charge in [0.2, 0.25) is 0 Å². The molecule has 2 saturated heterocycles. The number of likely N-dealkylation sites (tertiary alicyclic amines) is 1. The van der Waals surface area contributed by atoms with Gasteiger partial charge in [0.05, 0.1) is 31.4 Å².